The molecule has 2 aromatic rings. The number of nitrogens with zero attached hydrogens (tertiary/aromatic N) is 5. The van der Waals surface area contributed by atoms with E-state index in [4.69, 9.17) is 5.26 Å². The summed E-state index contributed by atoms with van der Waals surface area (Å²) < 4.78 is 13.5. The second-order valence-electron chi connectivity index (χ2n) is 8.24. The highest BCUT2D eigenvalue weighted by molar-refractivity contribution is 5.76. The van der Waals surface area contributed by atoms with Crippen LogP contribution in [0.5, 0.6) is 0 Å². The first-order chi connectivity index (χ1) is 15.4. The normalized spacial score (nSPS) is 15.0. The van der Waals surface area contributed by atoms with Gasteiger partial charge < -0.3 is 15.1 Å². The van der Waals surface area contributed by atoms with E-state index in [1.165, 1.54) is 12.3 Å². The number of aromatic nitrogens is 2. The van der Waals surface area contributed by atoms with E-state index in [0.29, 0.717) is 31.6 Å². The number of pyridine rings is 2. The summed E-state index contributed by atoms with van der Waals surface area (Å²) in [5, 5.41) is 12.4. The summed E-state index contributed by atoms with van der Waals surface area (Å²) in [6.07, 6.45) is 6.69. The maximum atomic E-state index is 13.5. The smallest absolute Gasteiger partial charge is 0.223 e. The standard InChI is InChI=1S/C24H31FN6O/c1-4-30(17-18(3)31(5-2)22-7-6-19(13-26)14-28-22)23(32)8-11-29-24(9-10-24)20-12-21(25)16-27-15-20/h6-7,12,14-16,18,29H,4-5,8-11,17H2,1-3H3. The second kappa shape index (κ2) is 10.5. The minimum Gasteiger partial charge on any atom is -0.352 e. The van der Waals surface area contributed by atoms with Crippen molar-refractivity contribution in [2.24, 2.45) is 0 Å². The van der Waals surface area contributed by atoms with Crippen LogP contribution in [0.15, 0.2) is 36.8 Å². The molecule has 0 saturated heterocycles. The molecular formula is C24H31FN6O. The first kappa shape index (κ1) is 23.6. The minimum atomic E-state index is -0.338. The molecule has 0 bridgehead atoms. The van der Waals surface area contributed by atoms with Gasteiger partial charge in [0, 0.05) is 56.6 Å². The molecule has 0 aromatic carbocycles. The Morgan fingerprint density at radius 2 is 2.06 bits per heavy atom. The number of anilines is 1. The third-order valence-corrected chi connectivity index (χ3v) is 6.07. The average Bonchev–Trinajstić information content (AvgIpc) is 3.59. The lowest BCUT2D eigenvalue weighted by Crippen LogP contribution is -2.45. The topological polar surface area (TPSA) is 85.1 Å². The number of amides is 1. The third kappa shape index (κ3) is 5.60. The molecule has 8 heteroatoms. The second-order valence-corrected chi connectivity index (χ2v) is 8.24. The van der Waals surface area contributed by atoms with Crippen LogP contribution in [-0.4, -0.2) is 53.0 Å². The quantitative estimate of drug-likeness (QED) is 0.580. The van der Waals surface area contributed by atoms with Crippen LogP contribution in [0.3, 0.4) is 0 Å². The van der Waals surface area contributed by atoms with Crippen molar-refractivity contribution in [3.8, 4) is 6.07 Å². The fourth-order valence-electron chi connectivity index (χ4n) is 4.08. The van der Waals surface area contributed by atoms with Gasteiger partial charge in [-0.2, -0.15) is 5.26 Å². The Balaban J connectivity index is 1.54. The van der Waals surface area contributed by atoms with Crippen LogP contribution in [0, 0.1) is 17.1 Å². The largest absolute Gasteiger partial charge is 0.352 e. The first-order valence-electron chi connectivity index (χ1n) is 11.2. The Kier molecular flexibility index (Phi) is 7.75. The number of carbonyl (C=O) groups excluding carboxylic acids is 1. The van der Waals surface area contributed by atoms with Gasteiger partial charge >= 0.3 is 0 Å². The number of nitrogens with one attached hydrogen (secondary N) is 1. The Bertz CT molecular complexity index is 954. The molecule has 32 heavy (non-hydrogen) atoms. The molecule has 1 N–H and O–H groups in total. The summed E-state index contributed by atoms with van der Waals surface area (Å²) in [4.78, 5) is 25.2. The molecule has 2 aromatic heterocycles. The molecule has 1 amide bonds. The van der Waals surface area contributed by atoms with Gasteiger partial charge in [0.25, 0.3) is 0 Å². The van der Waals surface area contributed by atoms with Gasteiger partial charge in [0.05, 0.1) is 11.8 Å². The van der Waals surface area contributed by atoms with Crippen LogP contribution >= 0.6 is 0 Å². The Morgan fingerprint density at radius 3 is 2.62 bits per heavy atom. The summed E-state index contributed by atoms with van der Waals surface area (Å²) in [7, 11) is 0. The summed E-state index contributed by atoms with van der Waals surface area (Å²) in [6, 6.07) is 7.28. The molecule has 1 unspecified atom stereocenters. The molecule has 3 rings (SSSR count). The molecule has 170 valence electrons. The monoisotopic (exact) mass is 438 g/mol. The highest BCUT2D eigenvalue weighted by atomic mass is 19.1. The minimum absolute atomic E-state index is 0.0745. The molecule has 0 spiro atoms. The zero-order valence-corrected chi connectivity index (χ0v) is 19.0. The SMILES string of the molecule is CCN(CC(C)N(CC)c1ccc(C#N)cn1)C(=O)CCNC1(c2cncc(F)c2)CC1. The molecule has 1 saturated carbocycles. The predicted molar refractivity (Wildman–Crippen MR) is 121 cm³/mol. The molecule has 0 aliphatic heterocycles. The van der Waals surface area contributed by atoms with Crippen molar-refractivity contribution in [2.45, 2.75) is 51.6 Å². The van der Waals surface area contributed by atoms with Gasteiger partial charge in [-0.25, -0.2) is 9.37 Å². The van der Waals surface area contributed by atoms with Crippen molar-refractivity contribution in [3.63, 3.8) is 0 Å². The molecule has 7 nitrogen and oxygen atoms in total. The van der Waals surface area contributed by atoms with Crippen molar-refractivity contribution in [2.75, 3.05) is 31.1 Å². The van der Waals surface area contributed by atoms with E-state index in [0.717, 1.165) is 30.8 Å². The van der Waals surface area contributed by atoms with Gasteiger partial charge in [-0.05, 0) is 57.4 Å². The first-order valence-corrected chi connectivity index (χ1v) is 11.2. The van der Waals surface area contributed by atoms with Crippen LogP contribution in [-0.2, 0) is 10.3 Å². The Hall–Kier alpha value is -3.05. The Labute approximate surface area is 189 Å². The fraction of sp³-hybridized carbons (Fsp3) is 0.500. The van der Waals surface area contributed by atoms with Crippen LogP contribution in [0.4, 0.5) is 10.2 Å². The number of nitriles is 1. The van der Waals surface area contributed by atoms with Crippen molar-refractivity contribution < 1.29 is 9.18 Å². The zero-order chi connectivity index (χ0) is 23.1. The van der Waals surface area contributed by atoms with E-state index in [9.17, 15) is 9.18 Å². The van der Waals surface area contributed by atoms with Crippen LogP contribution < -0.4 is 10.2 Å². The highest BCUT2D eigenvalue weighted by Crippen LogP contribution is 2.45. The van der Waals surface area contributed by atoms with Gasteiger partial charge in [-0.15, -0.1) is 0 Å². The van der Waals surface area contributed by atoms with Crippen molar-refractivity contribution in [1.29, 1.82) is 5.26 Å². The van der Waals surface area contributed by atoms with Crippen molar-refractivity contribution >= 4 is 11.7 Å². The van der Waals surface area contributed by atoms with E-state index in [-0.39, 0.29) is 23.3 Å². The van der Waals surface area contributed by atoms with E-state index >= 15 is 0 Å². The molecule has 1 atom stereocenters. The summed E-state index contributed by atoms with van der Waals surface area (Å²) >= 11 is 0. The van der Waals surface area contributed by atoms with Crippen LogP contribution in [0.1, 0.15) is 51.2 Å². The van der Waals surface area contributed by atoms with Crippen LogP contribution in [0.2, 0.25) is 0 Å². The van der Waals surface area contributed by atoms with Gasteiger partial charge in [-0.3, -0.25) is 9.78 Å². The lowest BCUT2D eigenvalue weighted by atomic mass is 10.1. The van der Waals surface area contributed by atoms with Crippen LogP contribution in [0.25, 0.3) is 0 Å². The molecule has 1 aliphatic rings. The number of halogens is 1. The number of hydrogen-bond acceptors (Lipinski definition) is 6. The number of carbonyl (C=O) groups is 1. The maximum absolute atomic E-state index is 13.5. The van der Waals surface area contributed by atoms with E-state index in [2.05, 4.69) is 40.1 Å². The fourth-order valence-corrected chi connectivity index (χ4v) is 4.08. The summed E-state index contributed by atoms with van der Waals surface area (Å²) in [5.41, 5.74) is 1.12. The molecular weight excluding hydrogens is 407 g/mol. The number of rotatable bonds is 11. The van der Waals surface area contributed by atoms with Crippen molar-refractivity contribution in [3.05, 3.63) is 53.7 Å². The van der Waals surface area contributed by atoms with Crippen molar-refractivity contribution in [1.82, 2.24) is 20.2 Å². The molecule has 2 heterocycles. The van der Waals surface area contributed by atoms with Gasteiger partial charge in [-0.1, -0.05) is 0 Å². The van der Waals surface area contributed by atoms with E-state index in [1.807, 2.05) is 17.9 Å². The Morgan fingerprint density at radius 1 is 1.28 bits per heavy atom. The highest BCUT2D eigenvalue weighted by Gasteiger charge is 2.44. The lowest BCUT2D eigenvalue weighted by molar-refractivity contribution is -0.131. The van der Waals surface area contributed by atoms with E-state index in [1.54, 1.807) is 18.5 Å². The summed E-state index contributed by atoms with van der Waals surface area (Å²) in [5.74, 6) is 0.544. The molecule has 0 radical (unpaired) electrons. The lowest BCUT2D eigenvalue weighted by Gasteiger charge is -2.33. The van der Waals surface area contributed by atoms with E-state index < -0.39 is 0 Å². The zero-order valence-electron chi connectivity index (χ0n) is 19.0. The van der Waals surface area contributed by atoms with Gasteiger partial charge in [0.1, 0.15) is 17.7 Å². The predicted octanol–water partition coefficient (Wildman–Crippen LogP) is 3.22. The van der Waals surface area contributed by atoms with Gasteiger partial charge in [0.2, 0.25) is 5.91 Å². The molecule has 1 aliphatic carbocycles. The number of hydrogen-bond donors (Lipinski definition) is 1. The van der Waals surface area contributed by atoms with Gasteiger partial charge in [0.15, 0.2) is 0 Å². The third-order valence-electron chi connectivity index (χ3n) is 6.07. The number of likely N-dealkylation sites (N-methyl/N-ethyl adjacent to an activating group) is 2. The average molecular weight is 439 g/mol. The summed E-state index contributed by atoms with van der Waals surface area (Å²) in [6.45, 7) is 8.61. The molecule has 1 fully saturated rings. The maximum Gasteiger partial charge on any atom is 0.223 e.